The van der Waals surface area contributed by atoms with Gasteiger partial charge in [-0.05, 0) is 19.1 Å². The Morgan fingerprint density at radius 3 is 3.05 bits per heavy atom. The van der Waals surface area contributed by atoms with Gasteiger partial charge in [0.25, 0.3) is 0 Å². The second-order valence-corrected chi connectivity index (χ2v) is 6.14. The van der Waals surface area contributed by atoms with E-state index in [-0.39, 0.29) is 6.04 Å². The van der Waals surface area contributed by atoms with Crippen molar-refractivity contribution in [1.82, 2.24) is 19.7 Å². The van der Waals surface area contributed by atoms with E-state index in [9.17, 15) is 0 Å². The molecular formula is C13H12N4S2. The third kappa shape index (κ3) is 1.50. The molecule has 0 saturated carbocycles. The molecule has 1 atom stereocenters. The normalized spacial score (nSPS) is 20.8. The molecule has 2 aromatic rings. The zero-order valence-corrected chi connectivity index (χ0v) is 12.0. The van der Waals surface area contributed by atoms with Crippen LogP contribution in [0.5, 0.6) is 0 Å². The molecule has 1 saturated heterocycles. The average Bonchev–Trinajstić information content (AvgIpc) is 3.02. The number of aromatic nitrogens is 3. The van der Waals surface area contributed by atoms with E-state index in [0.717, 1.165) is 39.5 Å². The fourth-order valence-electron chi connectivity index (χ4n) is 2.75. The van der Waals surface area contributed by atoms with Crippen LogP contribution in [0, 0.1) is 6.92 Å². The molecule has 96 valence electrons. The molecule has 3 heterocycles. The van der Waals surface area contributed by atoms with E-state index in [0.29, 0.717) is 0 Å². The van der Waals surface area contributed by atoms with Crippen LogP contribution < -0.4 is 0 Å². The number of aryl methyl sites for hydroxylation is 1. The Morgan fingerprint density at radius 1 is 1.32 bits per heavy atom. The molecule has 4 rings (SSSR count). The molecule has 2 aliphatic rings. The maximum absolute atomic E-state index is 5.69. The zero-order chi connectivity index (χ0) is 13.0. The molecule has 4 nitrogen and oxygen atoms in total. The summed E-state index contributed by atoms with van der Waals surface area (Å²) in [6.45, 7) is 1.99. The maximum atomic E-state index is 5.69. The van der Waals surface area contributed by atoms with Crippen LogP contribution in [-0.2, 0) is 0 Å². The van der Waals surface area contributed by atoms with Crippen LogP contribution in [0.15, 0.2) is 24.3 Å². The van der Waals surface area contributed by atoms with Crippen molar-refractivity contribution < 1.29 is 0 Å². The van der Waals surface area contributed by atoms with Crippen molar-refractivity contribution in [1.29, 1.82) is 0 Å². The molecule has 0 radical (unpaired) electrons. The van der Waals surface area contributed by atoms with Gasteiger partial charge in [0.05, 0.1) is 11.6 Å². The molecule has 19 heavy (non-hydrogen) atoms. The lowest BCUT2D eigenvalue weighted by atomic mass is 10.1. The Hall–Kier alpha value is -1.40. The fourth-order valence-corrected chi connectivity index (χ4v) is 4.36. The van der Waals surface area contributed by atoms with E-state index < -0.39 is 0 Å². The van der Waals surface area contributed by atoms with Crippen LogP contribution in [0.25, 0.3) is 5.69 Å². The Labute approximate surface area is 120 Å². The van der Waals surface area contributed by atoms with Gasteiger partial charge in [-0.3, -0.25) is 4.57 Å². The Balaban J connectivity index is 2.06. The topological polar surface area (TPSA) is 34.0 Å². The van der Waals surface area contributed by atoms with Gasteiger partial charge in [0.1, 0.15) is 16.9 Å². The van der Waals surface area contributed by atoms with E-state index in [2.05, 4.69) is 31.8 Å². The number of fused-ring (bicyclic) bond motifs is 5. The predicted molar refractivity (Wildman–Crippen MR) is 79.7 cm³/mol. The number of para-hydroxylation sites is 1. The van der Waals surface area contributed by atoms with Gasteiger partial charge >= 0.3 is 0 Å². The van der Waals surface area contributed by atoms with Crippen molar-refractivity contribution in [2.24, 2.45) is 0 Å². The fraction of sp³-hybridized carbons (Fsp3) is 0.308. The van der Waals surface area contributed by atoms with Crippen LogP contribution in [0.1, 0.15) is 23.3 Å². The second kappa shape index (κ2) is 4.05. The summed E-state index contributed by atoms with van der Waals surface area (Å²) >= 11 is 7.59. The summed E-state index contributed by atoms with van der Waals surface area (Å²) in [5.74, 6) is 3.88. The highest BCUT2D eigenvalue weighted by Crippen LogP contribution is 2.38. The average molecular weight is 288 g/mol. The Morgan fingerprint density at radius 2 is 2.16 bits per heavy atom. The molecule has 1 aromatic heterocycles. The predicted octanol–water partition coefficient (Wildman–Crippen LogP) is 2.31. The summed E-state index contributed by atoms with van der Waals surface area (Å²) in [7, 11) is 0. The molecule has 1 aromatic carbocycles. The first-order valence-electron chi connectivity index (χ1n) is 6.17. The summed E-state index contributed by atoms with van der Waals surface area (Å²) in [4.78, 5) is 3.20. The van der Waals surface area contributed by atoms with Crippen molar-refractivity contribution in [2.75, 3.05) is 11.6 Å². The number of hydrogen-bond donors (Lipinski definition) is 0. The minimum Gasteiger partial charge on any atom is -0.342 e. The first kappa shape index (κ1) is 11.4. The summed E-state index contributed by atoms with van der Waals surface area (Å²) in [6, 6.07) is 8.50. The van der Waals surface area contributed by atoms with Crippen molar-refractivity contribution in [3.63, 3.8) is 0 Å². The number of rotatable bonds is 0. The zero-order valence-electron chi connectivity index (χ0n) is 10.4. The van der Waals surface area contributed by atoms with E-state index in [4.69, 9.17) is 12.2 Å². The van der Waals surface area contributed by atoms with Gasteiger partial charge in [-0.15, -0.1) is 22.0 Å². The van der Waals surface area contributed by atoms with Crippen molar-refractivity contribution in [3.05, 3.63) is 41.5 Å². The maximum Gasteiger partial charge on any atom is 0.161 e. The van der Waals surface area contributed by atoms with Gasteiger partial charge in [-0.25, -0.2) is 0 Å². The van der Waals surface area contributed by atoms with Crippen molar-refractivity contribution in [2.45, 2.75) is 13.0 Å². The third-order valence-corrected chi connectivity index (χ3v) is 5.13. The molecule has 0 aliphatic carbocycles. The number of benzene rings is 1. The number of thioether (sulfide) groups is 1. The van der Waals surface area contributed by atoms with Crippen LogP contribution in [0.2, 0.25) is 0 Å². The first-order chi connectivity index (χ1) is 9.27. The standard InChI is InChI=1S/C13H12N4S2/c1-8-14-15-12-11-6-19-7-16(11)13(18)9-4-2-3-5-10(9)17(8)12/h2-5,11H,6-7H2,1H3. The summed E-state index contributed by atoms with van der Waals surface area (Å²) < 4.78 is 2.15. The molecule has 2 aliphatic heterocycles. The largest absolute Gasteiger partial charge is 0.342 e. The number of thiocarbonyl (C=S) groups is 1. The number of hydrogen-bond acceptors (Lipinski definition) is 4. The van der Waals surface area contributed by atoms with Crippen molar-refractivity contribution in [3.8, 4) is 5.69 Å². The molecule has 1 fully saturated rings. The smallest absolute Gasteiger partial charge is 0.161 e. The first-order valence-corrected chi connectivity index (χ1v) is 7.73. The summed E-state index contributed by atoms with van der Waals surface area (Å²) in [6.07, 6.45) is 0. The quantitative estimate of drug-likeness (QED) is 0.695. The highest BCUT2D eigenvalue weighted by molar-refractivity contribution is 7.99. The Bertz CT molecular complexity index is 679. The highest BCUT2D eigenvalue weighted by atomic mass is 32.2. The minimum atomic E-state index is 0.242. The van der Waals surface area contributed by atoms with E-state index in [1.807, 2.05) is 30.8 Å². The molecule has 0 bridgehead atoms. The van der Waals surface area contributed by atoms with Crippen LogP contribution in [0.3, 0.4) is 0 Å². The lowest BCUT2D eigenvalue weighted by Crippen LogP contribution is -2.29. The monoisotopic (exact) mass is 288 g/mol. The summed E-state index contributed by atoms with van der Waals surface area (Å²) in [5.41, 5.74) is 2.20. The van der Waals surface area contributed by atoms with E-state index in [1.165, 1.54) is 0 Å². The van der Waals surface area contributed by atoms with E-state index >= 15 is 0 Å². The van der Waals surface area contributed by atoms with Crippen LogP contribution >= 0.6 is 24.0 Å². The minimum absolute atomic E-state index is 0.242. The van der Waals surface area contributed by atoms with Gasteiger partial charge in [0.15, 0.2) is 5.82 Å². The lowest BCUT2D eigenvalue weighted by Gasteiger charge is -2.22. The van der Waals surface area contributed by atoms with Gasteiger partial charge in [-0.2, -0.15) is 0 Å². The van der Waals surface area contributed by atoms with E-state index in [1.54, 1.807) is 0 Å². The molecule has 0 N–H and O–H groups in total. The number of nitrogens with zero attached hydrogens (tertiary/aromatic N) is 4. The molecule has 0 amide bonds. The highest BCUT2D eigenvalue weighted by Gasteiger charge is 2.37. The summed E-state index contributed by atoms with van der Waals surface area (Å²) in [5, 5.41) is 8.65. The molecule has 0 spiro atoms. The van der Waals surface area contributed by atoms with Gasteiger partial charge in [0, 0.05) is 11.3 Å². The second-order valence-electron chi connectivity index (χ2n) is 4.75. The Kier molecular flexibility index (Phi) is 2.43. The molecule has 1 unspecified atom stereocenters. The van der Waals surface area contributed by atoms with Crippen LogP contribution in [-0.4, -0.2) is 36.3 Å². The third-order valence-electron chi connectivity index (χ3n) is 3.67. The lowest BCUT2D eigenvalue weighted by molar-refractivity contribution is 0.405. The van der Waals surface area contributed by atoms with Gasteiger partial charge in [0.2, 0.25) is 0 Å². The molecule has 6 heteroatoms. The SMILES string of the molecule is Cc1nnc2n1-c1ccccc1C(=S)N1CSCC21. The van der Waals surface area contributed by atoms with Crippen molar-refractivity contribution >= 4 is 29.0 Å². The van der Waals surface area contributed by atoms with Gasteiger partial charge in [-0.1, -0.05) is 24.4 Å². The molecular weight excluding hydrogens is 276 g/mol. The van der Waals surface area contributed by atoms with Crippen LogP contribution in [0.4, 0.5) is 0 Å². The van der Waals surface area contributed by atoms with Gasteiger partial charge < -0.3 is 4.90 Å².